The molecule has 0 spiro atoms. The van der Waals surface area contributed by atoms with Crippen LogP contribution in [0.2, 0.25) is 0 Å². The van der Waals surface area contributed by atoms with Gasteiger partial charge in [0.05, 0.1) is 54.6 Å². The number of carbonyl (C=O) groups is 3. The number of anilines is 2. The van der Waals surface area contributed by atoms with Crippen molar-refractivity contribution >= 4 is 29.3 Å². The van der Waals surface area contributed by atoms with E-state index in [2.05, 4.69) is 20.5 Å². The average molecular weight is 880 g/mol. The second-order valence-corrected chi connectivity index (χ2v) is 16.1. The second-order valence-electron chi connectivity index (χ2n) is 16.1. The maximum Gasteiger partial charge on any atom is 0.416 e. The molecule has 4 rings (SSSR count). The number of rotatable bonds is 23. The molecule has 1 aromatic heterocycles. The molecule has 0 saturated carbocycles. The molecular formula is C47H60F3N5O8. The van der Waals surface area contributed by atoms with Gasteiger partial charge >= 0.3 is 12.3 Å². The largest absolute Gasteiger partial charge is 0.447 e. The van der Waals surface area contributed by atoms with Crippen molar-refractivity contribution in [2.45, 2.75) is 78.3 Å². The molecule has 0 radical (unpaired) electrons. The number of hydrogen-bond donors (Lipinski definition) is 4. The average Bonchev–Trinajstić information content (AvgIpc) is 3.24. The Morgan fingerprint density at radius 2 is 1.41 bits per heavy atom. The minimum atomic E-state index is -4.50. The number of aliphatic hydroxyl groups excluding tert-OH is 2. The zero-order valence-electron chi connectivity index (χ0n) is 36.9. The van der Waals surface area contributed by atoms with Gasteiger partial charge in [0.2, 0.25) is 0 Å². The number of aliphatic hydroxyl groups is 2. The van der Waals surface area contributed by atoms with Crippen LogP contribution in [0.3, 0.4) is 0 Å². The summed E-state index contributed by atoms with van der Waals surface area (Å²) in [7, 11) is 0. The van der Waals surface area contributed by atoms with Crippen molar-refractivity contribution in [3.63, 3.8) is 0 Å². The van der Waals surface area contributed by atoms with Gasteiger partial charge in [-0.15, -0.1) is 0 Å². The van der Waals surface area contributed by atoms with Crippen molar-refractivity contribution < 1.29 is 52.0 Å². The lowest BCUT2D eigenvalue weighted by atomic mass is 9.96. The van der Waals surface area contributed by atoms with E-state index in [0.29, 0.717) is 47.5 Å². The smallest absolute Gasteiger partial charge is 0.416 e. The molecular weight excluding hydrogens is 820 g/mol. The summed E-state index contributed by atoms with van der Waals surface area (Å²) in [4.78, 5) is 47.2. The second kappa shape index (κ2) is 23.2. The zero-order valence-corrected chi connectivity index (χ0v) is 36.9. The Morgan fingerprint density at radius 1 is 0.746 bits per heavy atom. The van der Waals surface area contributed by atoms with Gasteiger partial charge in [-0.25, -0.2) is 4.79 Å². The number of nitrogens with zero attached hydrogens (tertiary/aromatic N) is 3. The first kappa shape index (κ1) is 50.1. The highest BCUT2D eigenvalue weighted by Crippen LogP contribution is 2.33. The summed E-state index contributed by atoms with van der Waals surface area (Å²) in [5.74, 6) is -0.859. The van der Waals surface area contributed by atoms with Crippen LogP contribution in [-0.2, 0) is 33.4 Å². The molecule has 4 aromatic rings. The number of amides is 3. The number of hydrogen-bond acceptors (Lipinski definition) is 10. The number of pyridine rings is 1. The van der Waals surface area contributed by atoms with Crippen molar-refractivity contribution in [3.05, 3.63) is 113 Å². The molecule has 0 atom stereocenters. The van der Waals surface area contributed by atoms with Crippen molar-refractivity contribution in [1.29, 1.82) is 0 Å². The van der Waals surface area contributed by atoms with Crippen LogP contribution >= 0.6 is 0 Å². The summed E-state index contributed by atoms with van der Waals surface area (Å²) in [6.45, 7) is 13.3. The monoisotopic (exact) mass is 879 g/mol. The molecule has 0 aliphatic rings. The molecule has 16 heteroatoms. The highest BCUT2D eigenvalue weighted by atomic mass is 19.4. The number of carbonyl (C=O) groups excluding carboxylic acids is 3. The minimum absolute atomic E-state index is 0.00908. The van der Waals surface area contributed by atoms with Crippen LogP contribution in [0.5, 0.6) is 0 Å². The van der Waals surface area contributed by atoms with Crippen LogP contribution in [0.4, 0.5) is 29.3 Å². The van der Waals surface area contributed by atoms with Crippen molar-refractivity contribution in [2.75, 3.05) is 69.4 Å². The molecule has 3 aromatic carbocycles. The maximum atomic E-state index is 13.9. The van der Waals surface area contributed by atoms with E-state index in [1.165, 1.54) is 29.3 Å². The molecule has 0 aliphatic heterocycles. The first-order valence-corrected chi connectivity index (χ1v) is 21.0. The number of aromatic nitrogens is 1. The van der Waals surface area contributed by atoms with Crippen LogP contribution in [0, 0.1) is 0 Å². The summed E-state index contributed by atoms with van der Waals surface area (Å²) >= 11 is 0. The summed E-state index contributed by atoms with van der Waals surface area (Å²) in [6.07, 6.45) is -2.62. The van der Waals surface area contributed by atoms with Gasteiger partial charge in [0.1, 0.15) is 6.61 Å². The molecule has 1 heterocycles. The van der Waals surface area contributed by atoms with Crippen molar-refractivity contribution in [1.82, 2.24) is 15.2 Å². The third kappa shape index (κ3) is 15.6. The molecule has 342 valence electrons. The number of nitrogens with one attached hydrogen (secondary N) is 2. The molecule has 63 heavy (non-hydrogen) atoms. The van der Waals surface area contributed by atoms with Crippen molar-refractivity contribution in [2.24, 2.45) is 0 Å². The van der Waals surface area contributed by atoms with Crippen LogP contribution < -0.4 is 15.5 Å². The zero-order chi connectivity index (χ0) is 46.2. The number of benzene rings is 3. The van der Waals surface area contributed by atoms with E-state index in [9.17, 15) is 27.6 Å². The SMILES string of the molecule is CCN(CC)c1ccc(NC(=O)c2cccc(CC(C)(C)OCCC(C)(C)OCCOC(=O)N(CCO)CCO)c2)c(-c2cc(C(=O)NCc3cccc(C(F)(F)F)c3)ccn2)c1. The fourth-order valence-electron chi connectivity index (χ4n) is 6.78. The molecule has 0 aliphatic carbocycles. The third-order valence-electron chi connectivity index (χ3n) is 10.2. The van der Waals surface area contributed by atoms with E-state index < -0.39 is 34.9 Å². The topological polar surface area (TPSA) is 163 Å². The lowest BCUT2D eigenvalue weighted by Crippen LogP contribution is -2.37. The van der Waals surface area contributed by atoms with E-state index in [0.717, 1.165) is 36.5 Å². The first-order chi connectivity index (χ1) is 29.9. The van der Waals surface area contributed by atoms with Crippen LogP contribution in [0.15, 0.2) is 85.1 Å². The Labute approximate surface area is 367 Å². The van der Waals surface area contributed by atoms with Gasteiger partial charge < -0.3 is 44.9 Å². The lowest BCUT2D eigenvalue weighted by molar-refractivity contribution is -0.137. The molecule has 0 fully saturated rings. The van der Waals surface area contributed by atoms with E-state index >= 15 is 0 Å². The Morgan fingerprint density at radius 3 is 2.10 bits per heavy atom. The Bertz CT molecular complexity index is 2120. The number of ether oxygens (including phenoxy) is 3. The molecule has 4 N–H and O–H groups in total. The van der Waals surface area contributed by atoms with Gasteiger partial charge in [0.25, 0.3) is 11.8 Å². The molecule has 13 nitrogen and oxygen atoms in total. The summed E-state index contributed by atoms with van der Waals surface area (Å²) in [5, 5.41) is 24.0. The number of alkyl halides is 3. The highest BCUT2D eigenvalue weighted by Gasteiger charge is 2.30. The van der Waals surface area contributed by atoms with Gasteiger partial charge in [-0.3, -0.25) is 14.6 Å². The molecule has 0 saturated heterocycles. The van der Waals surface area contributed by atoms with E-state index in [1.807, 2.05) is 71.9 Å². The quantitative estimate of drug-likeness (QED) is 0.0543. The third-order valence-corrected chi connectivity index (χ3v) is 10.2. The Balaban J connectivity index is 1.41. The lowest BCUT2D eigenvalue weighted by Gasteiger charge is -2.30. The molecule has 3 amide bonds. The van der Waals surface area contributed by atoms with Gasteiger partial charge in [-0.05, 0) is 114 Å². The summed E-state index contributed by atoms with van der Waals surface area (Å²) in [5.41, 5.74) is 2.19. The highest BCUT2D eigenvalue weighted by molar-refractivity contribution is 6.06. The Hall–Kier alpha value is -5.55. The standard InChI is InChI=1S/C47H60F3N5O8/c1-7-54(8-2)38-15-16-40(39(30-38)41-29-36(17-19-51-41)42(58)52-32-34-12-10-14-37(28-34)47(48,49)50)53-43(59)35-13-9-11-33(27-35)31-46(5,6)62-24-18-45(3,4)63-26-25-61-44(60)55(20-22-56)21-23-57/h9-17,19,27-30,56-57H,7-8,18,20-26,31-32H2,1-6H3,(H,52,58)(H,53,59). The van der Waals surface area contributed by atoms with Gasteiger partial charge in [0, 0.05) is 67.7 Å². The van der Waals surface area contributed by atoms with Crippen LogP contribution in [-0.4, -0.2) is 108 Å². The van der Waals surface area contributed by atoms with Gasteiger partial charge in [-0.1, -0.05) is 24.3 Å². The van der Waals surface area contributed by atoms with Crippen molar-refractivity contribution in [3.8, 4) is 11.3 Å². The normalized spacial score (nSPS) is 11.9. The fraction of sp³-hybridized carbons (Fsp3) is 0.447. The number of halogens is 3. The molecule has 0 bridgehead atoms. The minimum Gasteiger partial charge on any atom is -0.447 e. The molecule has 0 unspecified atom stereocenters. The van der Waals surface area contributed by atoms with E-state index in [-0.39, 0.29) is 57.5 Å². The fourth-order valence-corrected chi connectivity index (χ4v) is 6.78. The summed E-state index contributed by atoms with van der Waals surface area (Å²) in [6, 6.07) is 20.8. The van der Waals surface area contributed by atoms with Gasteiger partial charge in [-0.2, -0.15) is 13.2 Å². The predicted octanol–water partition coefficient (Wildman–Crippen LogP) is 7.74. The van der Waals surface area contributed by atoms with Crippen LogP contribution in [0.1, 0.15) is 85.4 Å². The maximum absolute atomic E-state index is 13.9. The van der Waals surface area contributed by atoms with Gasteiger partial charge in [0.15, 0.2) is 0 Å². The summed E-state index contributed by atoms with van der Waals surface area (Å²) < 4.78 is 57.2. The predicted molar refractivity (Wildman–Crippen MR) is 236 cm³/mol. The van der Waals surface area contributed by atoms with E-state index in [1.54, 1.807) is 18.2 Å². The van der Waals surface area contributed by atoms with Crippen LogP contribution in [0.25, 0.3) is 11.3 Å². The Kier molecular flexibility index (Phi) is 18.5. The first-order valence-electron chi connectivity index (χ1n) is 21.0. The van der Waals surface area contributed by atoms with E-state index in [4.69, 9.17) is 24.4 Å².